The Morgan fingerprint density at radius 1 is 1.32 bits per heavy atom. The number of methoxy groups -OCH3 is 1. The van der Waals surface area contributed by atoms with Gasteiger partial charge in [-0.05, 0) is 43.0 Å². The molecule has 0 aromatic heterocycles. The summed E-state index contributed by atoms with van der Waals surface area (Å²) in [6, 6.07) is 6.35. The lowest BCUT2D eigenvalue weighted by Gasteiger charge is -2.34. The molecule has 2 rings (SSSR count). The van der Waals surface area contributed by atoms with Gasteiger partial charge in [0.2, 0.25) is 10.0 Å². The fourth-order valence-electron chi connectivity index (χ4n) is 2.24. The Labute approximate surface area is 113 Å². The molecule has 5 nitrogen and oxygen atoms in total. The van der Waals surface area contributed by atoms with E-state index >= 15 is 0 Å². The first-order chi connectivity index (χ1) is 8.93. The first-order valence-corrected chi connectivity index (χ1v) is 7.66. The summed E-state index contributed by atoms with van der Waals surface area (Å²) in [5.41, 5.74) is 0. The van der Waals surface area contributed by atoms with Crippen molar-refractivity contribution in [3.05, 3.63) is 24.3 Å². The Morgan fingerprint density at radius 2 is 1.89 bits per heavy atom. The van der Waals surface area contributed by atoms with Crippen molar-refractivity contribution in [2.45, 2.75) is 23.8 Å². The Hall–Kier alpha value is -1.11. The second-order valence-electron chi connectivity index (χ2n) is 4.95. The molecule has 0 atom stereocenters. The molecule has 19 heavy (non-hydrogen) atoms. The molecule has 1 saturated carbocycles. The molecule has 6 heteroatoms. The zero-order chi connectivity index (χ0) is 14.0. The van der Waals surface area contributed by atoms with Crippen LogP contribution in [0.25, 0.3) is 0 Å². The number of nitrogens with zero attached hydrogens (tertiary/aromatic N) is 1. The third kappa shape index (κ3) is 3.08. The molecule has 0 spiro atoms. The topological polar surface area (TPSA) is 66.8 Å². The monoisotopic (exact) mass is 285 g/mol. The highest BCUT2D eigenvalue weighted by Crippen LogP contribution is 2.29. The number of sulfonamides is 1. The van der Waals surface area contributed by atoms with Crippen molar-refractivity contribution in [2.24, 2.45) is 5.92 Å². The molecular weight excluding hydrogens is 266 g/mol. The van der Waals surface area contributed by atoms with Gasteiger partial charge < -0.3 is 9.84 Å². The van der Waals surface area contributed by atoms with E-state index in [-0.39, 0.29) is 16.9 Å². The molecule has 0 saturated heterocycles. The number of hydrogen-bond donors (Lipinski definition) is 1. The second-order valence-corrected chi connectivity index (χ2v) is 7.00. The highest BCUT2D eigenvalue weighted by Gasteiger charge is 2.31. The summed E-state index contributed by atoms with van der Waals surface area (Å²) in [6.45, 7) is 0.450. The van der Waals surface area contributed by atoms with Crippen LogP contribution >= 0.6 is 0 Å². The van der Waals surface area contributed by atoms with E-state index in [1.54, 1.807) is 31.3 Å². The standard InChI is InChI=1S/C13H19NO4S/c1-14(9-10-7-11(15)8-10)19(16,17)13-5-3-12(18-2)4-6-13/h3-6,10-11,15H,7-9H2,1-2H3. The van der Waals surface area contributed by atoms with Crippen LogP contribution in [0.2, 0.25) is 0 Å². The Bertz CT molecular complexity index is 520. The van der Waals surface area contributed by atoms with Crippen molar-refractivity contribution in [2.75, 3.05) is 20.7 Å². The van der Waals surface area contributed by atoms with Gasteiger partial charge in [-0.2, -0.15) is 0 Å². The van der Waals surface area contributed by atoms with Crippen LogP contribution in [0.4, 0.5) is 0 Å². The average molecular weight is 285 g/mol. The SMILES string of the molecule is COc1ccc(S(=O)(=O)N(C)CC2CC(O)C2)cc1. The number of rotatable bonds is 5. The lowest BCUT2D eigenvalue weighted by Crippen LogP contribution is -2.39. The fourth-order valence-corrected chi connectivity index (χ4v) is 3.49. The number of ether oxygens (including phenoxy) is 1. The van der Waals surface area contributed by atoms with Crippen molar-refractivity contribution in [1.82, 2.24) is 4.31 Å². The number of benzene rings is 1. The van der Waals surface area contributed by atoms with Crippen molar-refractivity contribution < 1.29 is 18.3 Å². The molecule has 0 heterocycles. The summed E-state index contributed by atoms with van der Waals surface area (Å²) < 4.78 is 31.0. The summed E-state index contributed by atoms with van der Waals surface area (Å²) in [5.74, 6) is 0.886. The van der Waals surface area contributed by atoms with E-state index in [4.69, 9.17) is 4.74 Å². The molecule has 0 aliphatic heterocycles. The smallest absolute Gasteiger partial charge is 0.242 e. The quantitative estimate of drug-likeness (QED) is 0.879. The van der Waals surface area contributed by atoms with Crippen molar-refractivity contribution in [3.63, 3.8) is 0 Å². The van der Waals surface area contributed by atoms with Crippen LogP contribution in [0.5, 0.6) is 5.75 Å². The molecule has 1 aliphatic carbocycles. The first kappa shape index (κ1) is 14.3. The van der Waals surface area contributed by atoms with Gasteiger partial charge >= 0.3 is 0 Å². The summed E-state index contributed by atoms with van der Waals surface area (Å²) in [4.78, 5) is 0.260. The van der Waals surface area contributed by atoms with Gasteiger partial charge in [-0.25, -0.2) is 12.7 Å². The van der Waals surface area contributed by atoms with Crippen LogP contribution < -0.4 is 4.74 Å². The van der Waals surface area contributed by atoms with E-state index < -0.39 is 10.0 Å². The van der Waals surface area contributed by atoms with Crippen LogP contribution in [0, 0.1) is 5.92 Å². The normalized spacial score (nSPS) is 23.2. The maximum atomic E-state index is 12.3. The van der Waals surface area contributed by atoms with Gasteiger partial charge in [0.05, 0.1) is 18.1 Å². The maximum Gasteiger partial charge on any atom is 0.242 e. The van der Waals surface area contributed by atoms with E-state index in [1.807, 2.05) is 0 Å². The predicted octanol–water partition coefficient (Wildman–Crippen LogP) is 1.09. The third-order valence-electron chi connectivity index (χ3n) is 3.49. The van der Waals surface area contributed by atoms with Crippen LogP contribution in [0.1, 0.15) is 12.8 Å². The second kappa shape index (κ2) is 5.48. The molecule has 0 unspecified atom stereocenters. The molecule has 0 amide bonds. The molecule has 106 valence electrons. The predicted molar refractivity (Wildman–Crippen MR) is 71.5 cm³/mol. The molecule has 0 radical (unpaired) electrons. The van der Waals surface area contributed by atoms with Crippen LogP contribution in [0.3, 0.4) is 0 Å². The third-order valence-corrected chi connectivity index (χ3v) is 5.33. The lowest BCUT2D eigenvalue weighted by atomic mass is 9.82. The minimum Gasteiger partial charge on any atom is -0.497 e. The van der Waals surface area contributed by atoms with E-state index in [0.29, 0.717) is 25.1 Å². The van der Waals surface area contributed by atoms with Crippen LogP contribution in [-0.2, 0) is 10.0 Å². The van der Waals surface area contributed by atoms with E-state index in [0.717, 1.165) is 0 Å². The molecule has 0 bridgehead atoms. The summed E-state index contributed by atoms with van der Waals surface area (Å²) in [6.07, 6.45) is 1.10. The van der Waals surface area contributed by atoms with Gasteiger partial charge in [0.1, 0.15) is 5.75 Å². The van der Waals surface area contributed by atoms with Gasteiger partial charge in [0, 0.05) is 13.6 Å². The highest BCUT2D eigenvalue weighted by molar-refractivity contribution is 7.89. The molecule has 1 aliphatic rings. The van der Waals surface area contributed by atoms with Gasteiger partial charge in [-0.15, -0.1) is 0 Å². The van der Waals surface area contributed by atoms with Gasteiger partial charge in [-0.1, -0.05) is 0 Å². The Balaban J connectivity index is 2.07. The van der Waals surface area contributed by atoms with Gasteiger partial charge in [0.25, 0.3) is 0 Å². The van der Waals surface area contributed by atoms with Gasteiger partial charge in [-0.3, -0.25) is 0 Å². The number of hydrogen-bond acceptors (Lipinski definition) is 4. The number of aliphatic hydroxyl groups is 1. The van der Waals surface area contributed by atoms with Crippen molar-refractivity contribution in [1.29, 1.82) is 0 Å². The molecular formula is C13H19NO4S. The fraction of sp³-hybridized carbons (Fsp3) is 0.538. The van der Waals surface area contributed by atoms with E-state index in [2.05, 4.69) is 0 Å². The van der Waals surface area contributed by atoms with Crippen LogP contribution in [-0.4, -0.2) is 44.6 Å². The summed E-state index contributed by atoms with van der Waals surface area (Å²) in [7, 11) is -0.344. The minimum absolute atomic E-state index is 0.257. The lowest BCUT2D eigenvalue weighted by molar-refractivity contribution is 0.0367. The molecule has 1 fully saturated rings. The van der Waals surface area contributed by atoms with Crippen molar-refractivity contribution in [3.8, 4) is 5.75 Å². The van der Waals surface area contributed by atoms with Crippen LogP contribution in [0.15, 0.2) is 29.2 Å². The minimum atomic E-state index is -3.46. The summed E-state index contributed by atoms with van der Waals surface area (Å²) >= 11 is 0. The van der Waals surface area contributed by atoms with Gasteiger partial charge in [0.15, 0.2) is 0 Å². The number of aliphatic hydroxyl groups excluding tert-OH is 1. The highest BCUT2D eigenvalue weighted by atomic mass is 32.2. The molecule has 1 aromatic rings. The van der Waals surface area contributed by atoms with E-state index in [9.17, 15) is 13.5 Å². The summed E-state index contributed by atoms with van der Waals surface area (Å²) in [5, 5.41) is 9.23. The molecule has 1 aromatic carbocycles. The largest absolute Gasteiger partial charge is 0.497 e. The molecule has 1 N–H and O–H groups in total. The van der Waals surface area contributed by atoms with E-state index in [1.165, 1.54) is 11.4 Å². The Morgan fingerprint density at radius 3 is 2.37 bits per heavy atom. The zero-order valence-electron chi connectivity index (χ0n) is 11.1. The zero-order valence-corrected chi connectivity index (χ0v) is 11.9. The first-order valence-electron chi connectivity index (χ1n) is 6.22. The Kier molecular flexibility index (Phi) is 4.13. The maximum absolute atomic E-state index is 12.3. The average Bonchev–Trinajstić information content (AvgIpc) is 2.36. The van der Waals surface area contributed by atoms with Crippen molar-refractivity contribution >= 4 is 10.0 Å².